The van der Waals surface area contributed by atoms with Gasteiger partial charge in [-0.2, -0.15) is 0 Å². The number of hydrogen-bond donors (Lipinski definition) is 0. The lowest BCUT2D eigenvalue weighted by molar-refractivity contribution is 0.304. The van der Waals surface area contributed by atoms with Crippen molar-refractivity contribution in [2.45, 2.75) is 131 Å². The van der Waals surface area contributed by atoms with Crippen LogP contribution in [-0.4, -0.2) is 61.6 Å². The maximum atomic E-state index is 6.86. The predicted octanol–water partition coefficient (Wildman–Crippen LogP) is 13.5. The summed E-state index contributed by atoms with van der Waals surface area (Å²) in [6.45, 7) is 31.0. The van der Waals surface area contributed by atoms with E-state index in [0.717, 1.165) is 48.7 Å². The minimum Gasteiger partial charge on any atom is -0.493 e. The highest BCUT2D eigenvalue weighted by Gasteiger charge is 2.24. The third-order valence-corrected chi connectivity index (χ3v) is 21.9. The molecule has 0 saturated carbocycles. The number of benzene rings is 4. The van der Waals surface area contributed by atoms with Crippen LogP contribution in [0.1, 0.15) is 109 Å². The van der Waals surface area contributed by atoms with E-state index in [0.29, 0.717) is 52.1 Å². The van der Waals surface area contributed by atoms with E-state index in [-0.39, 0.29) is 0 Å². The van der Waals surface area contributed by atoms with E-state index < -0.39 is 35.2 Å². The normalized spacial score (nSPS) is 12.5. The van der Waals surface area contributed by atoms with Crippen LogP contribution in [0.15, 0.2) is 70.3 Å². The predicted molar refractivity (Wildman–Crippen MR) is 266 cm³/mol. The number of hydrogen-bond acceptors (Lipinski definition) is 4. The summed E-state index contributed by atoms with van der Waals surface area (Å²) in [6.07, 6.45) is 11.7. The molecule has 0 N–H and O–H groups in total. The summed E-state index contributed by atoms with van der Waals surface area (Å²) in [6, 6.07) is 23.2. The van der Waals surface area contributed by atoms with Gasteiger partial charge >= 0.3 is 0 Å². The quantitative estimate of drug-likeness (QED) is 0.0822. The molecule has 60 heavy (non-hydrogen) atoms. The van der Waals surface area contributed by atoms with E-state index in [4.69, 9.17) is 18.9 Å². The molecule has 0 saturated heterocycles. The van der Waals surface area contributed by atoms with Crippen molar-refractivity contribution in [2.75, 3.05) is 26.4 Å². The van der Waals surface area contributed by atoms with E-state index in [1.165, 1.54) is 55.6 Å². The fourth-order valence-corrected chi connectivity index (χ4v) is 18.2. The van der Waals surface area contributed by atoms with Gasteiger partial charge in [0.25, 0.3) is 0 Å². The van der Waals surface area contributed by atoms with Crippen LogP contribution >= 0.6 is 0 Å². The first-order valence-electron chi connectivity index (χ1n) is 22.6. The highest BCUT2D eigenvalue weighted by atomic mass is 28.3. The van der Waals surface area contributed by atoms with Crippen LogP contribution in [-0.2, 0) is 25.7 Å². The van der Waals surface area contributed by atoms with Crippen molar-refractivity contribution in [2.24, 2.45) is 0 Å². The van der Waals surface area contributed by atoms with Gasteiger partial charge in [0, 0.05) is 25.7 Å². The molecule has 0 aromatic heterocycles. The maximum absolute atomic E-state index is 6.86. The Bertz CT molecular complexity index is 1840. The molecular formula is C52H72O4Si4. The molecule has 1 aliphatic rings. The second-order valence-electron chi connectivity index (χ2n) is 17.4. The summed E-state index contributed by atoms with van der Waals surface area (Å²) in [5, 5.41) is 0. The van der Waals surface area contributed by atoms with E-state index in [2.05, 4.69) is 153 Å². The molecule has 0 amide bonds. The van der Waals surface area contributed by atoms with Gasteiger partial charge in [0.1, 0.15) is 23.0 Å². The Balaban J connectivity index is 1.90. The zero-order valence-electron chi connectivity index (χ0n) is 39.0. The zero-order valence-corrected chi connectivity index (χ0v) is 43.0. The fraction of sp³-hybridized carbons (Fsp3) is 0.462. The van der Waals surface area contributed by atoms with E-state index in [1.54, 1.807) is 9.64 Å². The largest absolute Gasteiger partial charge is 0.493 e. The molecule has 5 rings (SSSR count). The average molecular weight is 873 g/mol. The molecule has 320 valence electrons. The van der Waals surface area contributed by atoms with E-state index in [9.17, 15) is 0 Å². The van der Waals surface area contributed by atoms with Crippen LogP contribution in [0.2, 0.25) is 52.4 Å². The lowest BCUT2D eigenvalue weighted by Gasteiger charge is -2.24. The Labute approximate surface area is 371 Å². The number of ether oxygens (including phenoxy) is 4. The van der Waals surface area contributed by atoms with Crippen LogP contribution in [0.3, 0.4) is 0 Å². The molecule has 8 heteroatoms. The lowest BCUT2D eigenvalue weighted by atomic mass is 9.89. The molecule has 0 unspecified atom stereocenters. The van der Waals surface area contributed by atoms with Gasteiger partial charge in [-0.05, 0) is 106 Å². The van der Waals surface area contributed by atoms with Crippen LogP contribution < -0.4 is 18.9 Å². The van der Waals surface area contributed by atoms with Crippen molar-refractivity contribution >= 4 is 47.3 Å². The van der Waals surface area contributed by atoms with Crippen molar-refractivity contribution in [1.82, 2.24) is 0 Å². The second-order valence-corrected chi connectivity index (χ2v) is 28.5. The standard InChI is InChI=1S/C52H72O4Si4/c1-13-23-53-49-39-19-17-20-40(49)34-44-28-38(32-48(59(9)10)60(11)12)30-46(52(44)56-26-16-4)36-42-22-18-21-41(50(42)54-24-14-2)35-45-29-37(31-47(57(5)6)58(7)8)27-43(33-39)51(45)55-25-15-3/h17-22,27-32H,13-16,23-26,33-36H2,1-12H3. The van der Waals surface area contributed by atoms with Gasteiger partial charge in [0.2, 0.25) is 0 Å². The molecular weight excluding hydrogens is 801 g/mol. The number of para-hydroxylation sites is 2. The Hall–Kier alpha value is -3.57. The van der Waals surface area contributed by atoms with Gasteiger partial charge in [-0.25, -0.2) is 0 Å². The maximum Gasteiger partial charge on any atom is 0.126 e. The molecule has 8 bridgehead atoms. The van der Waals surface area contributed by atoms with Gasteiger partial charge in [-0.1, -0.05) is 138 Å². The topological polar surface area (TPSA) is 36.9 Å². The summed E-state index contributed by atoms with van der Waals surface area (Å²) in [5.74, 6) is 4.02. The minimum atomic E-state index is -0.611. The highest BCUT2D eigenvalue weighted by molar-refractivity contribution is 6.88. The zero-order chi connectivity index (χ0) is 43.3. The SMILES string of the molecule is CCCOc1c2cccc1Cc1cc(C=C([Si](C)C)[Si](C)C)cc(c1OCCC)Cc1cccc(c1OCCC)Cc1cc(C=C([Si](C)C)[Si](C)C)cc(c1OCCC)C2. The van der Waals surface area contributed by atoms with Gasteiger partial charge in [0.05, 0.1) is 61.6 Å². The Kier molecular flexibility index (Phi) is 18.2. The third kappa shape index (κ3) is 12.3. The molecule has 0 spiro atoms. The third-order valence-electron chi connectivity index (χ3n) is 11.0. The molecule has 0 heterocycles. The van der Waals surface area contributed by atoms with Crippen LogP contribution in [0, 0.1) is 0 Å². The van der Waals surface area contributed by atoms with Crippen LogP contribution in [0.4, 0.5) is 0 Å². The number of fused-ring (bicyclic) bond motifs is 8. The van der Waals surface area contributed by atoms with Gasteiger partial charge in [0.15, 0.2) is 0 Å². The van der Waals surface area contributed by atoms with Crippen molar-refractivity contribution in [3.63, 3.8) is 0 Å². The van der Waals surface area contributed by atoms with E-state index >= 15 is 0 Å². The lowest BCUT2D eigenvalue weighted by Crippen LogP contribution is -2.18. The fourth-order valence-electron chi connectivity index (χ4n) is 8.38. The molecule has 1 aliphatic carbocycles. The first-order chi connectivity index (χ1) is 28.9. The summed E-state index contributed by atoms with van der Waals surface area (Å²) >= 11 is 0. The Morgan fingerprint density at radius 1 is 0.400 bits per heavy atom. The van der Waals surface area contributed by atoms with Crippen molar-refractivity contribution in [3.8, 4) is 23.0 Å². The van der Waals surface area contributed by atoms with Crippen LogP contribution in [0.25, 0.3) is 12.2 Å². The van der Waals surface area contributed by atoms with Crippen molar-refractivity contribution in [3.05, 3.63) is 126 Å². The number of rotatable bonds is 18. The molecule has 4 radical (unpaired) electrons. The van der Waals surface area contributed by atoms with Crippen molar-refractivity contribution < 1.29 is 18.9 Å². The second kappa shape index (κ2) is 23.0. The minimum absolute atomic E-state index is 0.611. The van der Waals surface area contributed by atoms with Crippen molar-refractivity contribution in [1.29, 1.82) is 0 Å². The highest BCUT2D eigenvalue weighted by Crippen LogP contribution is 2.40. The van der Waals surface area contributed by atoms with Gasteiger partial charge in [-0.15, -0.1) is 0 Å². The van der Waals surface area contributed by atoms with Gasteiger partial charge in [-0.3, -0.25) is 0 Å². The van der Waals surface area contributed by atoms with Crippen LogP contribution in [0.5, 0.6) is 23.0 Å². The molecule has 4 nitrogen and oxygen atoms in total. The van der Waals surface area contributed by atoms with E-state index in [1.807, 2.05) is 0 Å². The Morgan fingerprint density at radius 2 is 0.633 bits per heavy atom. The summed E-state index contributed by atoms with van der Waals surface area (Å²) < 4.78 is 27.4. The first-order valence-corrected chi connectivity index (χ1v) is 32.6. The van der Waals surface area contributed by atoms with Gasteiger partial charge < -0.3 is 18.9 Å². The summed E-state index contributed by atoms with van der Waals surface area (Å²) in [4.78, 5) is 3.31. The summed E-state index contributed by atoms with van der Waals surface area (Å²) in [5.41, 5.74) is 12.2. The first kappa shape index (κ1) is 47.5. The molecule has 0 atom stereocenters. The summed E-state index contributed by atoms with van der Waals surface area (Å²) in [7, 11) is -2.44. The molecule has 4 aromatic rings. The molecule has 0 aliphatic heterocycles. The molecule has 4 aromatic carbocycles. The monoisotopic (exact) mass is 872 g/mol. The average Bonchev–Trinajstić information content (AvgIpc) is 3.20. The smallest absolute Gasteiger partial charge is 0.126 e. The molecule has 0 fully saturated rings. The Morgan fingerprint density at radius 3 is 0.850 bits per heavy atom.